The molecule has 0 aromatic rings. The van der Waals surface area contributed by atoms with Crippen LogP contribution in [0.3, 0.4) is 0 Å². The summed E-state index contributed by atoms with van der Waals surface area (Å²) in [6, 6.07) is 0. The second-order valence-corrected chi connectivity index (χ2v) is 3.85. The summed E-state index contributed by atoms with van der Waals surface area (Å²) in [7, 11) is 0. The molecule has 1 aliphatic rings. The fourth-order valence-electron chi connectivity index (χ4n) is 1.33. The highest BCUT2D eigenvalue weighted by atomic mass is 16.1. The second kappa shape index (κ2) is 5.97. The van der Waals surface area contributed by atoms with Crippen LogP contribution in [-0.2, 0) is 4.79 Å². The summed E-state index contributed by atoms with van der Waals surface area (Å²) >= 11 is 0. The maximum absolute atomic E-state index is 11.2. The van der Waals surface area contributed by atoms with Gasteiger partial charge in [-0.2, -0.15) is 0 Å². The lowest BCUT2D eigenvalue weighted by molar-refractivity contribution is -0.121. The summed E-state index contributed by atoms with van der Waals surface area (Å²) in [4.78, 5) is 11.2. The van der Waals surface area contributed by atoms with Crippen LogP contribution in [-0.4, -0.2) is 19.0 Å². The Bertz CT molecular complexity index is 155. The number of hydrogen-bond acceptors (Lipinski definition) is 2. The zero-order valence-corrected chi connectivity index (χ0v) is 8.22. The molecule has 1 fully saturated rings. The molecule has 0 aromatic carbocycles. The maximum atomic E-state index is 11.2. The van der Waals surface area contributed by atoms with Crippen LogP contribution in [0, 0.1) is 5.92 Å². The molecule has 3 heteroatoms. The van der Waals surface area contributed by atoms with E-state index in [0.29, 0.717) is 5.92 Å². The predicted octanol–water partition coefficient (Wildman–Crippen LogP) is 1.03. The number of rotatable bonds is 7. The number of nitrogens with two attached hydrogens (primary N) is 1. The van der Waals surface area contributed by atoms with Crippen molar-refractivity contribution in [3.63, 3.8) is 0 Å². The molecule has 3 N–H and O–H groups in total. The average Bonchev–Trinajstić information content (AvgIpc) is 2.88. The van der Waals surface area contributed by atoms with Gasteiger partial charge < -0.3 is 11.1 Å². The van der Waals surface area contributed by atoms with E-state index in [1.54, 1.807) is 0 Å². The maximum Gasteiger partial charge on any atom is 0.220 e. The van der Waals surface area contributed by atoms with Gasteiger partial charge in [-0.15, -0.1) is 0 Å². The van der Waals surface area contributed by atoms with Crippen LogP contribution in [0.1, 0.15) is 38.5 Å². The SMILES string of the molecule is NCCCCCNC(=O)CC1CC1. The van der Waals surface area contributed by atoms with Gasteiger partial charge in [0, 0.05) is 13.0 Å². The molecule has 0 saturated heterocycles. The summed E-state index contributed by atoms with van der Waals surface area (Å²) in [5.41, 5.74) is 5.36. The molecule has 0 bridgehead atoms. The van der Waals surface area contributed by atoms with Crippen molar-refractivity contribution in [1.82, 2.24) is 5.32 Å². The van der Waals surface area contributed by atoms with E-state index in [1.165, 1.54) is 12.8 Å². The summed E-state index contributed by atoms with van der Waals surface area (Å²) in [5, 5.41) is 2.93. The van der Waals surface area contributed by atoms with Gasteiger partial charge in [0.1, 0.15) is 0 Å². The van der Waals surface area contributed by atoms with E-state index in [1.807, 2.05) is 0 Å². The number of amides is 1. The zero-order valence-electron chi connectivity index (χ0n) is 8.22. The van der Waals surface area contributed by atoms with Crippen molar-refractivity contribution in [2.24, 2.45) is 11.7 Å². The largest absolute Gasteiger partial charge is 0.356 e. The van der Waals surface area contributed by atoms with Crippen LogP contribution in [0.25, 0.3) is 0 Å². The number of carbonyl (C=O) groups is 1. The first kappa shape index (κ1) is 10.5. The predicted molar refractivity (Wildman–Crippen MR) is 53.3 cm³/mol. The minimum Gasteiger partial charge on any atom is -0.356 e. The zero-order chi connectivity index (χ0) is 9.52. The van der Waals surface area contributed by atoms with Crippen molar-refractivity contribution in [1.29, 1.82) is 0 Å². The van der Waals surface area contributed by atoms with Gasteiger partial charge >= 0.3 is 0 Å². The Balaban J connectivity index is 1.83. The lowest BCUT2D eigenvalue weighted by Crippen LogP contribution is -2.24. The Kier molecular flexibility index (Phi) is 4.83. The van der Waals surface area contributed by atoms with E-state index >= 15 is 0 Å². The molecular weight excluding hydrogens is 164 g/mol. The highest BCUT2D eigenvalue weighted by Crippen LogP contribution is 2.31. The molecule has 0 aliphatic heterocycles. The van der Waals surface area contributed by atoms with Gasteiger partial charge in [0.05, 0.1) is 0 Å². The quantitative estimate of drug-likeness (QED) is 0.581. The Morgan fingerprint density at radius 1 is 1.31 bits per heavy atom. The molecular formula is C10H20N2O. The third-order valence-corrected chi connectivity index (χ3v) is 2.37. The molecule has 76 valence electrons. The second-order valence-electron chi connectivity index (χ2n) is 3.85. The van der Waals surface area contributed by atoms with Gasteiger partial charge in [0.2, 0.25) is 5.91 Å². The minimum atomic E-state index is 0.232. The lowest BCUT2D eigenvalue weighted by atomic mass is 10.2. The Morgan fingerprint density at radius 3 is 2.69 bits per heavy atom. The number of hydrogen-bond donors (Lipinski definition) is 2. The molecule has 1 amide bonds. The fourth-order valence-corrected chi connectivity index (χ4v) is 1.33. The molecule has 1 rings (SSSR count). The van der Waals surface area contributed by atoms with Crippen molar-refractivity contribution in [2.45, 2.75) is 38.5 Å². The van der Waals surface area contributed by atoms with Crippen molar-refractivity contribution in [3.05, 3.63) is 0 Å². The van der Waals surface area contributed by atoms with Crippen LogP contribution < -0.4 is 11.1 Å². The van der Waals surface area contributed by atoms with Crippen LogP contribution in [0.2, 0.25) is 0 Å². The highest BCUT2D eigenvalue weighted by Gasteiger charge is 2.23. The van der Waals surface area contributed by atoms with Gasteiger partial charge in [-0.05, 0) is 38.1 Å². The first-order valence-corrected chi connectivity index (χ1v) is 5.29. The first-order chi connectivity index (χ1) is 6.33. The number of carbonyl (C=O) groups excluding carboxylic acids is 1. The van der Waals surface area contributed by atoms with E-state index in [2.05, 4.69) is 5.32 Å². The van der Waals surface area contributed by atoms with E-state index in [4.69, 9.17) is 5.73 Å². The Hall–Kier alpha value is -0.570. The van der Waals surface area contributed by atoms with Gasteiger partial charge in [0.25, 0.3) is 0 Å². The third kappa shape index (κ3) is 5.64. The fraction of sp³-hybridized carbons (Fsp3) is 0.900. The Labute approximate surface area is 80.1 Å². The standard InChI is InChI=1S/C10H20N2O/c11-6-2-1-3-7-12-10(13)8-9-4-5-9/h9H,1-8,11H2,(H,12,13). The molecule has 0 aromatic heterocycles. The molecule has 0 unspecified atom stereocenters. The molecule has 1 saturated carbocycles. The lowest BCUT2D eigenvalue weighted by Gasteiger charge is -2.03. The van der Waals surface area contributed by atoms with Gasteiger partial charge in [-0.25, -0.2) is 0 Å². The average molecular weight is 184 g/mol. The van der Waals surface area contributed by atoms with Gasteiger partial charge in [-0.1, -0.05) is 6.42 Å². The highest BCUT2D eigenvalue weighted by molar-refractivity contribution is 5.76. The number of unbranched alkanes of at least 4 members (excludes halogenated alkanes) is 2. The van der Waals surface area contributed by atoms with Crippen LogP contribution in [0.4, 0.5) is 0 Å². The molecule has 0 heterocycles. The van der Waals surface area contributed by atoms with Crippen LogP contribution in [0.15, 0.2) is 0 Å². The van der Waals surface area contributed by atoms with Crippen molar-refractivity contribution >= 4 is 5.91 Å². The van der Waals surface area contributed by atoms with Crippen molar-refractivity contribution in [3.8, 4) is 0 Å². The van der Waals surface area contributed by atoms with Crippen molar-refractivity contribution in [2.75, 3.05) is 13.1 Å². The van der Waals surface area contributed by atoms with E-state index in [9.17, 15) is 4.79 Å². The van der Waals surface area contributed by atoms with E-state index < -0.39 is 0 Å². The summed E-state index contributed by atoms with van der Waals surface area (Å²) in [6.45, 7) is 1.58. The summed E-state index contributed by atoms with van der Waals surface area (Å²) in [6.07, 6.45) is 6.50. The molecule has 0 atom stereocenters. The normalized spacial score (nSPS) is 15.8. The van der Waals surface area contributed by atoms with E-state index in [-0.39, 0.29) is 5.91 Å². The third-order valence-electron chi connectivity index (χ3n) is 2.37. The van der Waals surface area contributed by atoms with Crippen LogP contribution in [0.5, 0.6) is 0 Å². The molecule has 1 aliphatic carbocycles. The van der Waals surface area contributed by atoms with Gasteiger partial charge in [-0.3, -0.25) is 4.79 Å². The van der Waals surface area contributed by atoms with Crippen LogP contribution >= 0.6 is 0 Å². The minimum absolute atomic E-state index is 0.232. The van der Waals surface area contributed by atoms with Crippen molar-refractivity contribution < 1.29 is 4.79 Å². The molecule has 13 heavy (non-hydrogen) atoms. The first-order valence-electron chi connectivity index (χ1n) is 5.29. The molecule has 3 nitrogen and oxygen atoms in total. The molecule has 0 radical (unpaired) electrons. The molecule has 0 spiro atoms. The smallest absolute Gasteiger partial charge is 0.220 e. The Morgan fingerprint density at radius 2 is 2.08 bits per heavy atom. The number of nitrogens with one attached hydrogen (secondary N) is 1. The van der Waals surface area contributed by atoms with Gasteiger partial charge in [0.15, 0.2) is 0 Å². The summed E-state index contributed by atoms with van der Waals surface area (Å²) < 4.78 is 0. The topological polar surface area (TPSA) is 55.1 Å². The monoisotopic (exact) mass is 184 g/mol. The van der Waals surface area contributed by atoms with E-state index in [0.717, 1.165) is 38.8 Å². The summed E-state index contributed by atoms with van der Waals surface area (Å²) in [5.74, 6) is 0.930.